The average molecular weight is 450 g/mol. The van der Waals surface area contributed by atoms with Gasteiger partial charge in [-0.15, -0.1) is 0 Å². The first-order chi connectivity index (χ1) is 15.9. The van der Waals surface area contributed by atoms with Crippen LogP contribution >= 0.6 is 0 Å². The molecule has 0 fully saturated rings. The Morgan fingerprint density at radius 3 is 2.18 bits per heavy atom. The largest absolute Gasteiger partial charge is 0.497 e. The molecule has 1 aliphatic rings. The van der Waals surface area contributed by atoms with Gasteiger partial charge in [-0.3, -0.25) is 9.59 Å². The van der Waals surface area contributed by atoms with Crippen LogP contribution in [0.5, 0.6) is 11.5 Å². The maximum atomic E-state index is 14.5. The number of carbonyl (C=O) groups is 2. The predicted octanol–water partition coefficient (Wildman–Crippen LogP) is 4.77. The van der Waals surface area contributed by atoms with Crippen LogP contribution in [0.2, 0.25) is 0 Å². The van der Waals surface area contributed by atoms with E-state index in [-0.39, 0.29) is 11.3 Å². The first kappa shape index (κ1) is 22.0. The minimum Gasteiger partial charge on any atom is -0.497 e. The second-order valence-corrected chi connectivity index (χ2v) is 7.10. The van der Waals surface area contributed by atoms with Gasteiger partial charge in [0, 0.05) is 11.8 Å². The van der Waals surface area contributed by atoms with Gasteiger partial charge in [0.1, 0.15) is 28.8 Å². The molecule has 0 atom stereocenters. The number of hydrogen-bond donors (Lipinski definition) is 1. The number of carbonyl (C=O) groups excluding carboxylic acids is 2. The van der Waals surface area contributed by atoms with E-state index in [9.17, 15) is 18.4 Å². The summed E-state index contributed by atoms with van der Waals surface area (Å²) in [6, 6.07) is 15.9. The summed E-state index contributed by atoms with van der Waals surface area (Å²) in [5, 5.41) is 2.97. The van der Waals surface area contributed by atoms with Crippen molar-refractivity contribution in [1.29, 1.82) is 0 Å². The fourth-order valence-corrected chi connectivity index (χ4v) is 3.49. The number of benzene rings is 3. The van der Waals surface area contributed by atoms with E-state index in [1.165, 1.54) is 7.11 Å². The Bertz CT molecular complexity index is 1240. The topological polar surface area (TPSA) is 67.9 Å². The third kappa shape index (κ3) is 4.27. The van der Waals surface area contributed by atoms with E-state index in [0.717, 1.165) is 18.2 Å². The number of halogens is 2. The molecule has 168 valence electrons. The van der Waals surface area contributed by atoms with Gasteiger partial charge in [-0.2, -0.15) is 0 Å². The molecule has 1 N–H and O–H groups in total. The van der Waals surface area contributed by atoms with Crippen molar-refractivity contribution in [3.63, 3.8) is 0 Å². The normalized spacial score (nSPS) is 13.5. The SMILES string of the molecule is CCOc1ccc(NC2=C(c3ccc(OC)cc3)C(=O)N(c3cc(F)ccc3F)C2=O)cc1. The number of nitrogens with one attached hydrogen (secondary N) is 1. The summed E-state index contributed by atoms with van der Waals surface area (Å²) in [5.41, 5.74) is 0.446. The third-order valence-electron chi connectivity index (χ3n) is 5.05. The minimum atomic E-state index is -0.894. The summed E-state index contributed by atoms with van der Waals surface area (Å²) in [4.78, 5) is 27.3. The quantitative estimate of drug-likeness (QED) is 0.526. The van der Waals surface area contributed by atoms with E-state index in [1.54, 1.807) is 48.5 Å². The molecular weight excluding hydrogens is 430 g/mol. The van der Waals surface area contributed by atoms with E-state index in [0.29, 0.717) is 34.3 Å². The lowest BCUT2D eigenvalue weighted by Crippen LogP contribution is -2.33. The summed E-state index contributed by atoms with van der Waals surface area (Å²) in [7, 11) is 1.51. The molecule has 1 aliphatic heterocycles. The number of anilines is 2. The Morgan fingerprint density at radius 1 is 0.879 bits per heavy atom. The number of rotatable bonds is 7. The average Bonchev–Trinajstić information content (AvgIpc) is 3.06. The Kier molecular flexibility index (Phi) is 6.08. The Hall–Kier alpha value is -4.20. The molecule has 0 aliphatic carbocycles. The summed E-state index contributed by atoms with van der Waals surface area (Å²) in [6.45, 7) is 2.36. The molecule has 0 bridgehead atoms. The van der Waals surface area contributed by atoms with Gasteiger partial charge in [0.05, 0.1) is 25.0 Å². The molecule has 0 spiro atoms. The third-order valence-corrected chi connectivity index (χ3v) is 5.05. The Balaban J connectivity index is 1.79. The molecule has 6 nitrogen and oxygen atoms in total. The molecule has 0 saturated heterocycles. The van der Waals surface area contributed by atoms with Crippen LogP contribution in [0.25, 0.3) is 5.57 Å². The van der Waals surface area contributed by atoms with Gasteiger partial charge in [-0.05, 0) is 61.0 Å². The number of methoxy groups -OCH3 is 1. The minimum absolute atomic E-state index is 0.0280. The molecule has 4 rings (SSSR count). The Morgan fingerprint density at radius 2 is 1.55 bits per heavy atom. The van der Waals surface area contributed by atoms with Crippen LogP contribution in [-0.4, -0.2) is 25.5 Å². The molecule has 0 aromatic heterocycles. The fourth-order valence-electron chi connectivity index (χ4n) is 3.49. The van der Waals surface area contributed by atoms with Crippen molar-refractivity contribution >= 4 is 28.8 Å². The van der Waals surface area contributed by atoms with Crippen molar-refractivity contribution < 1.29 is 27.8 Å². The van der Waals surface area contributed by atoms with Gasteiger partial charge < -0.3 is 14.8 Å². The van der Waals surface area contributed by atoms with E-state index in [4.69, 9.17) is 9.47 Å². The summed E-state index contributed by atoms with van der Waals surface area (Å²) in [5.74, 6) is -2.04. The summed E-state index contributed by atoms with van der Waals surface area (Å²) < 4.78 is 38.9. The lowest BCUT2D eigenvalue weighted by Gasteiger charge is -2.16. The van der Waals surface area contributed by atoms with Crippen molar-refractivity contribution in [1.82, 2.24) is 0 Å². The first-order valence-electron chi connectivity index (χ1n) is 10.2. The maximum absolute atomic E-state index is 14.5. The molecule has 33 heavy (non-hydrogen) atoms. The van der Waals surface area contributed by atoms with Crippen LogP contribution in [0.15, 0.2) is 72.4 Å². The molecule has 0 saturated carbocycles. The van der Waals surface area contributed by atoms with Crippen LogP contribution in [-0.2, 0) is 9.59 Å². The molecular formula is C25H20F2N2O4. The molecule has 8 heteroatoms. The number of amides is 2. The second kappa shape index (κ2) is 9.12. The van der Waals surface area contributed by atoms with Gasteiger partial charge in [0.15, 0.2) is 0 Å². The molecule has 0 unspecified atom stereocenters. The van der Waals surface area contributed by atoms with E-state index in [1.807, 2.05) is 6.92 Å². The molecule has 0 radical (unpaired) electrons. The fraction of sp³-hybridized carbons (Fsp3) is 0.120. The summed E-state index contributed by atoms with van der Waals surface area (Å²) in [6.07, 6.45) is 0. The van der Waals surface area contributed by atoms with Crippen LogP contribution in [0.3, 0.4) is 0 Å². The van der Waals surface area contributed by atoms with Crippen molar-refractivity contribution in [3.05, 3.63) is 89.6 Å². The number of hydrogen-bond acceptors (Lipinski definition) is 5. The van der Waals surface area contributed by atoms with Crippen LogP contribution in [0, 0.1) is 11.6 Å². The lowest BCUT2D eigenvalue weighted by molar-refractivity contribution is -0.120. The van der Waals surface area contributed by atoms with E-state index < -0.39 is 29.1 Å². The molecule has 3 aromatic rings. The summed E-state index contributed by atoms with van der Waals surface area (Å²) >= 11 is 0. The number of imide groups is 1. The zero-order chi connectivity index (χ0) is 23.5. The maximum Gasteiger partial charge on any atom is 0.282 e. The zero-order valence-electron chi connectivity index (χ0n) is 17.9. The first-order valence-corrected chi connectivity index (χ1v) is 10.2. The monoisotopic (exact) mass is 450 g/mol. The van der Waals surface area contributed by atoms with E-state index >= 15 is 0 Å². The molecule has 1 heterocycles. The smallest absolute Gasteiger partial charge is 0.282 e. The van der Waals surface area contributed by atoms with Gasteiger partial charge in [0.25, 0.3) is 11.8 Å². The zero-order valence-corrected chi connectivity index (χ0v) is 17.9. The number of ether oxygens (including phenoxy) is 2. The standard InChI is InChI=1S/C25H20F2N2O4/c1-3-33-19-11-7-17(8-12-19)28-23-22(15-4-9-18(32-2)10-5-15)24(30)29(25(23)31)21-14-16(26)6-13-20(21)27/h4-14,28H,3H2,1-2H3. The van der Waals surface area contributed by atoms with Crippen molar-refractivity contribution in [3.8, 4) is 11.5 Å². The highest BCUT2D eigenvalue weighted by Gasteiger charge is 2.41. The highest BCUT2D eigenvalue weighted by molar-refractivity contribution is 6.46. The van der Waals surface area contributed by atoms with Gasteiger partial charge in [0.2, 0.25) is 0 Å². The van der Waals surface area contributed by atoms with Crippen LogP contribution < -0.4 is 19.7 Å². The highest BCUT2D eigenvalue weighted by Crippen LogP contribution is 2.35. The van der Waals surface area contributed by atoms with Crippen molar-refractivity contribution in [2.45, 2.75) is 6.92 Å². The Labute approximate surface area is 189 Å². The predicted molar refractivity (Wildman–Crippen MR) is 120 cm³/mol. The number of nitrogens with zero attached hydrogens (tertiary/aromatic N) is 1. The van der Waals surface area contributed by atoms with Crippen molar-refractivity contribution in [2.24, 2.45) is 0 Å². The van der Waals surface area contributed by atoms with Gasteiger partial charge >= 0.3 is 0 Å². The van der Waals surface area contributed by atoms with Gasteiger partial charge in [-0.25, -0.2) is 13.7 Å². The van der Waals surface area contributed by atoms with Crippen LogP contribution in [0.1, 0.15) is 12.5 Å². The lowest BCUT2D eigenvalue weighted by atomic mass is 10.0. The van der Waals surface area contributed by atoms with Crippen LogP contribution in [0.4, 0.5) is 20.2 Å². The molecule has 2 amide bonds. The van der Waals surface area contributed by atoms with Gasteiger partial charge in [-0.1, -0.05) is 12.1 Å². The molecule has 3 aromatic carbocycles. The highest BCUT2D eigenvalue weighted by atomic mass is 19.1. The van der Waals surface area contributed by atoms with Crippen molar-refractivity contribution in [2.75, 3.05) is 23.9 Å². The second-order valence-electron chi connectivity index (χ2n) is 7.10. The van der Waals surface area contributed by atoms with E-state index in [2.05, 4.69) is 5.32 Å².